The number of rotatable bonds is 3. The van der Waals surface area contributed by atoms with Gasteiger partial charge in [-0.15, -0.1) is 0 Å². The maximum absolute atomic E-state index is 13.1. The van der Waals surface area contributed by atoms with Gasteiger partial charge in [0.25, 0.3) is 0 Å². The predicted octanol–water partition coefficient (Wildman–Crippen LogP) is 0.270. The van der Waals surface area contributed by atoms with Gasteiger partial charge in [0.05, 0.1) is 11.5 Å². The molecule has 0 radical (unpaired) electrons. The lowest BCUT2D eigenvalue weighted by Gasteiger charge is -2.31. The van der Waals surface area contributed by atoms with Gasteiger partial charge in [0.2, 0.25) is 10.0 Å². The third-order valence-corrected chi connectivity index (χ3v) is 5.25. The zero-order chi connectivity index (χ0) is 15.6. The largest absolute Gasteiger partial charge is 0.409 e. The number of nitrogens with two attached hydrogens (primary N) is 1. The molecule has 1 heterocycles. The van der Waals surface area contributed by atoms with E-state index in [1.165, 1.54) is 17.3 Å². The van der Waals surface area contributed by atoms with Crippen LogP contribution in [0, 0.1) is 12.7 Å². The van der Waals surface area contributed by atoms with Crippen molar-refractivity contribution in [1.29, 1.82) is 0 Å². The zero-order valence-corrected chi connectivity index (χ0v) is 12.2. The van der Waals surface area contributed by atoms with Gasteiger partial charge in [0.1, 0.15) is 11.9 Å². The number of sulfonamides is 1. The maximum atomic E-state index is 13.1. The maximum Gasteiger partial charge on any atom is 0.243 e. The van der Waals surface area contributed by atoms with Crippen LogP contribution in [-0.2, 0) is 14.8 Å². The minimum absolute atomic E-state index is 0.0315. The number of oxime groups is 1. The molecule has 1 aliphatic heterocycles. The van der Waals surface area contributed by atoms with Crippen molar-refractivity contribution in [2.45, 2.75) is 17.9 Å². The summed E-state index contributed by atoms with van der Waals surface area (Å²) < 4.78 is 44.7. The van der Waals surface area contributed by atoms with Crippen LogP contribution in [0.4, 0.5) is 4.39 Å². The Morgan fingerprint density at radius 2 is 2.29 bits per heavy atom. The Morgan fingerprint density at radius 3 is 2.90 bits per heavy atom. The molecule has 0 bridgehead atoms. The topological polar surface area (TPSA) is 105 Å². The summed E-state index contributed by atoms with van der Waals surface area (Å²) >= 11 is 0. The van der Waals surface area contributed by atoms with Gasteiger partial charge in [0, 0.05) is 13.1 Å². The van der Waals surface area contributed by atoms with Crippen LogP contribution in [0.3, 0.4) is 0 Å². The van der Waals surface area contributed by atoms with Gasteiger partial charge >= 0.3 is 0 Å². The van der Waals surface area contributed by atoms with E-state index in [0.29, 0.717) is 5.56 Å². The van der Waals surface area contributed by atoms with Crippen molar-refractivity contribution in [2.75, 3.05) is 19.7 Å². The van der Waals surface area contributed by atoms with Gasteiger partial charge in [0.15, 0.2) is 5.84 Å². The Kier molecular flexibility index (Phi) is 4.45. The number of aryl methyl sites for hydroxylation is 1. The first-order valence-corrected chi connectivity index (χ1v) is 7.65. The Morgan fingerprint density at radius 1 is 1.57 bits per heavy atom. The van der Waals surface area contributed by atoms with Gasteiger partial charge in [-0.05, 0) is 30.7 Å². The van der Waals surface area contributed by atoms with E-state index in [0.717, 1.165) is 12.1 Å². The summed E-state index contributed by atoms with van der Waals surface area (Å²) in [7, 11) is -3.79. The second-order valence-electron chi connectivity index (χ2n) is 4.66. The van der Waals surface area contributed by atoms with Crippen molar-refractivity contribution in [3.05, 3.63) is 29.6 Å². The van der Waals surface area contributed by atoms with Crippen molar-refractivity contribution in [2.24, 2.45) is 10.9 Å². The second-order valence-corrected chi connectivity index (χ2v) is 6.56. The summed E-state index contributed by atoms with van der Waals surface area (Å²) in [4.78, 5) is 0.0315. The fraction of sp³-hybridized carbons (Fsp3) is 0.417. The van der Waals surface area contributed by atoms with Crippen molar-refractivity contribution in [3.8, 4) is 0 Å². The van der Waals surface area contributed by atoms with E-state index < -0.39 is 21.9 Å². The molecule has 3 N–H and O–H groups in total. The number of benzene rings is 1. The molecule has 0 aromatic heterocycles. The molecule has 0 amide bonds. The quantitative estimate of drug-likeness (QED) is 0.360. The van der Waals surface area contributed by atoms with Crippen molar-refractivity contribution in [1.82, 2.24) is 4.31 Å². The average Bonchev–Trinajstić information content (AvgIpc) is 2.46. The van der Waals surface area contributed by atoms with Crippen LogP contribution in [0.25, 0.3) is 0 Å². The summed E-state index contributed by atoms with van der Waals surface area (Å²) in [5, 5.41) is 11.5. The summed E-state index contributed by atoms with van der Waals surface area (Å²) in [5.41, 5.74) is 5.77. The average molecular weight is 317 g/mol. The Balaban J connectivity index is 2.31. The minimum atomic E-state index is -3.79. The molecule has 0 spiro atoms. The molecular formula is C12H16FN3O4S. The Labute approximate surface area is 121 Å². The molecule has 21 heavy (non-hydrogen) atoms. The molecule has 116 valence electrons. The molecule has 9 heteroatoms. The summed E-state index contributed by atoms with van der Waals surface area (Å²) in [6.07, 6.45) is -0.806. The SMILES string of the molecule is Cc1cc(F)ccc1S(=O)(=O)N1CCOC(C(N)=NO)C1. The Bertz CT molecular complexity index is 662. The Hall–Kier alpha value is -1.71. The van der Waals surface area contributed by atoms with Crippen LogP contribution >= 0.6 is 0 Å². The lowest BCUT2D eigenvalue weighted by atomic mass is 10.2. The van der Waals surface area contributed by atoms with Crippen LogP contribution in [0.2, 0.25) is 0 Å². The molecule has 1 atom stereocenters. The van der Waals surface area contributed by atoms with E-state index >= 15 is 0 Å². The van der Waals surface area contributed by atoms with Crippen molar-refractivity contribution < 1.29 is 22.8 Å². The standard InChI is InChI=1S/C12H16FN3O4S/c1-8-6-9(13)2-3-11(8)21(18,19)16-4-5-20-10(7-16)12(14)15-17/h2-3,6,10,17H,4-5,7H2,1H3,(H2,14,15). The first-order valence-electron chi connectivity index (χ1n) is 6.21. The lowest BCUT2D eigenvalue weighted by molar-refractivity contribution is 0.0355. The summed E-state index contributed by atoms with van der Waals surface area (Å²) in [6, 6.07) is 3.49. The first kappa shape index (κ1) is 15.7. The van der Waals surface area contributed by atoms with Crippen LogP contribution in [0.5, 0.6) is 0 Å². The predicted molar refractivity (Wildman–Crippen MR) is 73.0 cm³/mol. The molecule has 7 nitrogen and oxygen atoms in total. The van der Waals surface area contributed by atoms with Crippen LogP contribution < -0.4 is 5.73 Å². The molecule has 1 aliphatic rings. The van der Waals surface area contributed by atoms with E-state index in [-0.39, 0.29) is 30.4 Å². The number of morpholine rings is 1. The highest BCUT2D eigenvalue weighted by atomic mass is 32.2. The van der Waals surface area contributed by atoms with Crippen molar-refractivity contribution >= 4 is 15.9 Å². The molecule has 1 fully saturated rings. The van der Waals surface area contributed by atoms with Gasteiger partial charge in [-0.3, -0.25) is 0 Å². The van der Waals surface area contributed by atoms with E-state index in [9.17, 15) is 12.8 Å². The third-order valence-electron chi connectivity index (χ3n) is 3.23. The number of amidine groups is 1. The van der Waals surface area contributed by atoms with Crippen LogP contribution in [0.1, 0.15) is 5.56 Å². The monoisotopic (exact) mass is 317 g/mol. The number of halogens is 1. The van der Waals surface area contributed by atoms with Gasteiger partial charge in [-0.1, -0.05) is 5.16 Å². The smallest absolute Gasteiger partial charge is 0.243 e. The van der Waals surface area contributed by atoms with E-state index in [1.54, 1.807) is 0 Å². The van der Waals surface area contributed by atoms with Crippen LogP contribution in [-0.4, -0.2) is 49.6 Å². The normalized spacial score (nSPS) is 21.4. The molecule has 1 saturated heterocycles. The van der Waals surface area contributed by atoms with Crippen molar-refractivity contribution in [3.63, 3.8) is 0 Å². The highest BCUT2D eigenvalue weighted by Gasteiger charge is 2.33. The number of hydrogen-bond acceptors (Lipinski definition) is 5. The van der Waals surface area contributed by atoms with E-state index in [1.807, 2.05) is 0 Å². The molecule has 0 aliphatic carbocycles. The summed E-state index contributed by atoms with van der Waals surface area (Å²) in [6.45, 7) is 1.74. The second kappa shape index (κ2) is 5.96. The van der Waals surface area contributed by atoms with E-state index in [2.05, 4.69) is 5.16 Å². The lowest BCUT2D eigenvalue weighted by Crippen LogP contribution is -2.50. The highest BCUT2D eigenvalue weighted by molar-refractivity contribution is 7.89. The molecule has 1 aromatic rings. The molecular weight excluding hydrogens is 301 g/mol. The van der Waals surface area contributed by atoms with Gasteiger partial charge < -0.3 is 15.7 Å². The number of hydrogen-bond donors (Lipinski definition) is 2. The molecule has 1 unspecified atom stereocenters. The van der Waals surface area contributed by atoms with E-state index in [4.69, 9.17) is 15.7 Å². The highest BCUT2D eigenvalue weighted by Crippen LogP contribution is 2.22. The molecule has 1 aromatic carbocycles. The fourth-order valence-electron chi connectivity index (χ4n) is 2.13. The third kappa shape index (κ3) is 3.14. The fourth-order valence-corrected chi connectivity index (χ4v) is 3.76. The van der Waals surface area contributed by atoms with Gasteiger partial charge in [-0.2, -0.15) is 4.31 Å². The zero-order valence-electron chi connectivity index (χ0n) is 11.4. The molecule has 2 rings (SSSR count). The minimum Gasteiger partial charge on any atom is -0.409 e. The first-order chi connectivity index (χ1) is 9.86. The number of ether oxygens (including phenoxy) is 1. The van der Waals surface area contributed by atoms with Crippen LogP contribution in [0.15, 0.2) is 28.3 Å². The summed E-state index contributed by atoms with van der Waals surface area (Å²) in [5.74, 6) is -0.686. The van der Waals surface area contributed by atoms with Gasteiger partial charge in [-0.25, -0.2) is 12.8 Å². The number of nitrogens with zero attached hydrogens (tertiary/aromatic N) is 2. The molecule has 0 saturated carbocycles.